The summed E-state index contributed by atoms with van der Waals surface area (Å²) in [6.45, 7) is 4.54. The van der Waals surface area contributed by atoms with Gasteiger partial charge in [-0.25, -0.2) is 13.1 Å². The van der Waals surface area contributed by atoms with Crippen molar-refractivity contribution >= 4 is 10.0 Å². The Balaban J connectivity index is 1.90. The lowest BCUT2D eigenvalue weighted by Gasteiger charge is -2.23. The Morgan fingerprint density at radius 2 is 1.86 bits per heavy atom. The molecule has 0 aromatic heterocycles. The fourth-order valence-electron chi connectivity index (χ4n) is 2.48. The van der Waals surface area contributed by atoms with Crippen LogP contribution in [0.2, 0.25) is 0 Å². The maximum Gasteiger partial charge on any atom is 0.240 e. The molecular weight excluding hydrogens is 300 g/mol. The Labute approximate surface area is 133 Å². The van der Waals surface area contributed by atoms with Crippen molar-refractivity contribution in [2.75, 3.05) is 19.7 Å². The molecular formula is C16H26N2O3S. The van der Waals surface area contributed by atoms with Gasteiger partial charge in [-0.1, -0.05) is 19.8 Å². The minimum atomic E-state index is -3.44. The number of ether oxygens (including phenoxy) is 1. The maximum atomic E-state index is 12.3. The van der Waals surface area contributed by atoms with Gasteiger partial charge in [0.15, 0.2) is 0 Å². The summed E-state index contributed by atoms with van der Waals surface area (Å²) in [5.41, 5.74) is 0. The fourth-order valence-corrected chi connectivity index (χ4v) is 3.79. The van der Waals surface area contributed by atoms with Crippen molar-refractivity contribution in [3.05, 3.63) is 24.3 Å². The summed E-state index contributed by atoms with van der Waals surface area (Å²) in [6, 6.07) is 6.69. The van der Waals surface area contributed by atoms with Crippen LogP contribution in [-0.4, -0.2) is 34.2 Å². The molecule has 0 saturated carbocycles. The number of nitrogens with one attached hydrogen (secondary N) is 2. The van der Waals surface area contributed by atoms with E-state index in [9.17, 15) is 8.42 Å². The first-order valence-corrected chi connectivity index (χ1v) is 9.56. The molecule has 1 aromatic rings. The lowest BCUT2D eigenvalue weighted by atomic mass is 10.1. The van der Waals surface area contributed by atoms with E-state index in [0.29, 0.717) is 11.5 Å². The van der Waals surface area contributed by atoms with E-state index in [1.54, 1.807) is 24.3 Å². The molecule has 1 heterocycles. The normalized spacial score (nSPS) is 16.6. The number of unbranched alkanes of at least 4 members (excludes halogenated alkanes) is 2. The van der Waals surface area contributed by atoms with Crippen LogP contribution < -0.4 is 14.8 Å². The van der Waals surface area contributed by atoms with Crippen molar-refractivity contribution in [2.24, 2.45) is 0 Å². The number of benzene rings is 1. The molecule has 0 bridgehead atoms. The lowest BCUT2D eigenvalue weighted by Crippen LogP contribution is -2.42. The first-order chi connectivity index (χ1) is 10.6. The maximum absolute atomic E-state index is 12.3. The molecule has 1 saturated heterocycles. The predicted octanol–water partition coefficient (Wildman–Crippen LogP) is 2.29. The standard InChI is InChI=1S/C16H26N2O3S/c1-2-3-4-13-21-15-5-7-16(8-6-15)22(19,20)18-14-9-11-17-12-10-14/h5-8,14,17-18H,2-4,9-13H2,1H3. The third-order valence-electron chi connectivity index (χ3n) is 3.81. The topological polar surface area (TPSA) is 67.4 Å². The minimum Gasteiger partial charge on any atom is -0.494 e. The third kappa shape index (κ3) is 5.26. The minimum absolute atomic E-state index is 0.0243. The van der Waals surface area contributed by atoms with Crippen molar-refractivity contribution in [2.45, 2.75) is 50.0 Å². The predicted molar refractivity (Wildman–Crippen MR) is 87.7 cm³/mol. The molecule has 1 aromatic carbocycles. The van der Waals surface area contributed by atoms with E-state index >= 15 is 0 Å². The smallest absolute Gasteiger partial charge is 0.240 e. The number of hydrogen-bond donors (Lipinski definition) is 2. The molecule has 1 aliphatic rings. The molecule has 2 N–H and O–H groups in total. The van der Waals surface area contributed by atoms with Gasteiger partial charge in [-0.3, -0.25) is 0 Å². The third-order valence-corrected chi connectivity index (χ3v) is 5.35. The van der Waals surface area contributed by atoms with E-state index in [0.717, 1.165) is 50.9 Å². The Kier molecular flexibility index (Phi) is 6.67. The van der Waals surface area contributed by atoms with Crippen LogP contribution in [0.25, 0.3) is 0 Å². The van der Waals surface area contributed by atoms with Crippen LogP contribution in [0, 0.1) is 0 Å². The van der Waals surface area contributed by atoms with Gasteiger partial charge < -0.3 is 10.1 Å². The summed E-state index contributed by atoms with van der Waals surface area (Å²) in [7, 11) is -3.44. The molecule has 22 heavy (non-hydrogen) atoms. The quantitative estimate of drug-likeness (QED) is 0.719. The van der Waals surface area contributed by atoms with Crippen LogP contribution in [0.4, 0.5) is 0 Å². The molecule has 0 spiro atoms. The van der Waals surface area contributed by atoms with Gasteiger partial charge in [-0.05, 0) is 56.6 Å². The number of sulfonamides is 1. The second-order valence-electron chi connectivity index (χ2n) is 5.67. The molecule has 5 nitrogen and oxygen atoms in total. The van der Waals surface area contributed by atoms with Gasteiger partial charge in [-0.2, -0.15) is 0 Å². The molecule has 0 amide bonds. The second-order valence-corrected chi connectivity index (χ2v) is 7.39. The first kappa shape index (κ1) is 17.2. The van der Waals surface area contributed by atoms with Crippen molar-refractivity contribution < 1.29 is 13.2 Å². The van der Waals surface area contributed by atoms with Crippen LogP contribution >= 0.6 is 0 Å². The number of hydrogen-bond acceptors (Lipinski definition) is 4. The molecule has 2 rings (SSSR count). The van der Waals surface area contributed by atoms with E-state index in [4.69, 9.17) is 4.74 Å². The van der Waals surface area contributed by atoms with Crippen molar-refractivity contribution in [1.29, 1.82) is 0 Å². The van der Waals surface area contributed by atoms with Crippen LogP contribution in [0.5, 0.6) is 5.75 Å². The summed E-state index contributed by atoms with van der Waals surface area (Å²) < 4.78 is 33.1. The molecule has 0 radical (unpaired) electrons. The van der Waals surface area contributed by atoms with Crippen LogP contribution in [0.1, 0.15) is 39.0 Å². The van der Waals surface area contributed by atoms with Gasteiger partial charge in [0.05, 0.1) is 11.5 Å². The van der Waals surface area contributed by atoms with Crippen molar-refractivity contribution in [3.63, 3.8) is 0 Å². The highest BCUT2D eigenvalue weighted by molar-refractivity contribution is 7.89. The SMILES string of the molecule is CCCCCOc1ccc(S(=O)(=O)NC2CCNCC2)cc1. The van der Waals surface area contributed by atoms with Crippen LogP contribution in [0.15, 0.2) is 29.2 Å². The van der Waals surface area contributed by atoms with E-state index in [-0.39, 0.29) is 6.04 Å². The van der Waals surface area contributed by atoms with E-state index in [2.05, 4.69) is 17.0 Å². The highest BCUT2D eigenvalue weighted by atomic mass is 32.2. The fraction of sp³-hybridized carbons (Fsp3) is 0.625. The highest BCUT2D eigenvalue weighted by Crippen LogP contribution is 2.17. The van der Waals surface area contributed by atoms with Gasteiger partial charge in [0.2, 0.25) is 10.0 Å². The van der Waals surface area contributed by atoms with Crippen LogP contribution in [-0.2, 0) is 10.0 Å². The zero-order valence-corrected chi connectivity index (χ0v) is 14.0. The number of rotatable bonds is 8. The summed E-state index contributed by atoms with van der Waals surface area (Å²) >= 11 is 0. The average molecular weight is 326 g/mol. The molecule has 0 unspecified atom stereocenters. The average Bonchev–Trinajstić information content (AvgIpc) is 2.53. The number of piperidine rings is 1. The largest absolute Gasteiger partial charge is 0.494 e. The van der Waals surface area contributed by atoms with E-state index in [1.165, 1.54) is 0 Å². The Bertz CT molecular complexity index is 537. The molecule has 1 aliphatic heterocycles. The van der Waals surface area contributed by atoms with Crippen molar-refractivity contribution in [1.82, 2.24) is 10.0 Å². The Morgan fingerprint density at radius 3 is 2.50 bits per heavy atom. The molecule has 6 heteroatoms. The molecule has 0 atom stereocenters. The van der Waals surface area contributed by atoms with E-state index in [1.807, 2.05) is 0 Å². The lowest BCUT2D eigenvalue weighted by molar-refractivity contribution is 0.306. The Hall–Kier alpha value is -1.11. The summed E-state index contributed by atoms with van der Waals surface area (Å²) in [5, 5.41) is 3.22. The first-order valence-electron chi connectivity index (χ1n) is 8.08. The molecule has 124 valence electrons. The molecule has 0 aliphatic carbocycles. The second kappa shape index (κ2) is 8.50. The highest BCUT2D eigenvalue weighted by Gasteiger charge is 2.21. The zero-order chi connectivity index (χ0) is 15.8. The van der Waals surface area contributed by atoms with Gasteiger partial charge in [-0.15, -0.1) is 0 Å². The summed E-state index contributed by atoms with van der Waals surface area (Å²) in [5.74, 6) is 0.719. The Morgan fingerprint density at radius 1 is 1.18 bits per heavy atom. The van der Waals surface area contributed by atoms with E-state index < -0.39 is 10.0 Å². The van der Waals surface area contributed by atoms with Gasteiger partial charge in [0, 0.05) is 6.04 Å². The van der Waals surface area contributed by atoms with Gasteiger partial charge in [0.25, 0.3) is 0 Å². The summed E-state index contributed by atoms with van der Waals surface area (Å²) in [4.78, 5) is 0.298. The van der Waals surface area contributed by atoms with Gasteiger partial charge >= 0.3 is 0 Å². The van der Waals surface area contributed by atoms with Crippen LogP contribution in [0.3, 0.4) is 0 Å². The van der Waals surface area contributed by atoms with Gasteiger partial charge in [0.1, 0.15) is 5.75 Å². The van der Waals surface area contributed by atoms with Crippen molar-refractivity contribution in [3.8, 4) is 5.75 Å². The zero-order valence-electron chi connectivity index (χ0n) is 13.2. The monoisotopic (exact) mass is 326 g/mol. The molecule has 1 fully saturated rings. The summed E-state index contributed by atoms with van der Waals surface area (Å²) in [6.07, 6.45) is 4.99.